The lowest BCUT2D eigenvalue weighted by atomic mass is 10.0. The molecule has 0 aromatic carbocycles. The Bertz CT molecular complexity index is 306. The molecule has 2 heterocycles. The summed E-state index contributed by atoms with van der Waals surface area (Å²) in [6.45, 7) is 7.05. The first-order valence-electron chi connectivity index (χ1n) is 8.50. The van der Waals surface area contributed by atoms with Crippen LogP contribution in [0.2, 0.25) is 0 Å². The minimum atomic E-state index is 0. The quantitative estimate of drug-likeness (QED) is 0.690. The molecule has 0 radical (unpaired) electrons. The summed E-state index contributed by atoms with van der Waals surface area (Å²) in [5.74, 6) is 0.246. The Balaban J connectivity index is 0.00000242. The topological polar surface area (TPSA) is 50.8 Å². The number of hydrogen-bond acceptors (Lipinski definition) is 4. The van der Waals surface area contributed by atoms with Gasteiger partial charge in [-0.25, -0.2) is 0 Å². The third-order valence-electron chi connectivity index (χ3n) is 4.32. The highest BCUT2D eigenvalue weighted by molar-refractivity contribution is 5.85. The van der Waals surface area contributed by atoms with E-state index in [1.165, 1.54) is 0 Å². The number of nitrogens with zero attached hydrogens (tertiary/aromatic N) is 1. The van der Waals surface area contributed by atoms with Crippen molar-refractivity contribution in [3.63, 3.8) is 0 Å². The number of carbonyl (C=O) groups is 1. The SMILES string of the molecule is CCCN(C(=O)CCOCC1CCCO1)C1CCNCC1.Cl. The Morgan fingerprint density at radius 2 is 2.09 bits per heavy atom. The number of nitrogens with one attached hydrogen (secondary N) is 1. The van der Waals surface area contributed by atoms with Crippen molar-refractivity contribution < 1.29 is 14.3 Å². The lowest BCUT2D eigenvalue weighted by Crippen LogP contribution is -2.46. The van der Waals surface area contributed by atoms with E-state index in [-0.39, 0.29) is 24.4 Å². The molecule has 0 spiro atoms. The molecule has 2 fully saturated rings. The number of halogens is 1. The first-order chi connectivity index (χ1) is 10.3. The van der Waals surface area contributed by atoms with Gasteiger partial charge in [-0.2, -0.15) is 0 Å². The van der Waals surface area contributed by atoms with E-state index >= 15 is 0 Å². The van der Waals surface area contributed by atoms with Gasteiger partial charge in [-0.3, -0.25) is 4.79 Å². The van der Waals surface area contributed by atoms with Gasteiger partial charge >= 0.3 is 0 Å². The molecule has 130 valence electrons. The molecule has 6 heteroatoms. The fourth-order valence-electron chi connectivity index (χ4n) is 3.16. The van der Waals surface area contributed by atoms with E-state index in [2.05, 4.69) is 17.1 Å². The van der Waals surface area contributed by atoms with Gasteiger partial charge in [0.05, 0.1) is 25.7 Å². The minimum Gasteiger partial charge on any atom is -0.378 e. The predicted octanol–water partition coefficient (Wildman–Crippen LogP) is 1.98. The van der Waals surface area contributed by atoms with Gasteiger partial charge in [0.1, 0.15) is 0 Å². The van der Waals surface area contributed by atoms with Crippen molar-refractivity contribution in [3.8, 4) is 0 Å². The third kappa shape index (κ3) is 6.41. The number of amides is 1. The van der Waals surface area contributed by atoms with E-state index in [4.69, 9.17) is 9.47 Å². The zero-order valence-electron chi connectivity index (χ0n) is 13.7. The molecule has 2 rings (SSSR count). The summed E-state index contributed by atoms with van der Waals surface area (Å²) in [6.07, 6.45) is 6.13. The summed E-state index contributed by atoms with van der Waals surface area (Å²) in [5, 5.41) is 3.36. The predicted molar refractivity (Wildman–Crippen MR) is 89.6 cm³/mol. The van der Waals surface area contributed by atoms with Crippen molar-refractivity contribution in [1.29, 1.82) is 0 Å². The number of hydrogen-bond donors (Lipinski definition) is 1. The zero-order valence-corrected chi connectivity index (χ0v) is 14.5. The fraction of sp³-hybridized carbons (Fsp3) is 0.938. The Kier molecular flexibility index (Phi) is 10.0. The van der Waals surface area contributed by atoms with Crippen LogP contribution in [0.4, 0.5) is 0 Å². The Hall–Kier alpha value is -0.360. The van der Waals surface area contributed by atoms with Crippen LogP contribution in [-0.4, -0.2) is 62.4 Å². The zero-order chi connectivity index (χ0) is 14.9. The molecule has 2 saturated heterocycles. The summed E-state index contributed by atoms with van der Waals surface area (Å²) >= 11 is 0. The van der Waals surface area contributed by atoms with Crippen molar-refractivity contribution >= 4 is 18.3 Å². The molecule has 0 bridgehead atoms. The highest BCUT2D eigenvalue weighted by Crippen LogP contribution is 2.15. The molecular formula is C16H31ClN2O3. The largest absolute Gasteiger partial charge is 0.378 e. The standard InChI is InChI=1S/C16H30N2O3.ClH/c1-2-10-18(14-5-8-17-9-6-14)16(19)7-12-20-13-15-4-3-11-21-15;/h14-15,17H,2-13H2,1H3;1H. The highest BCUT2D eigenvalue weighted by atomic mass is 35.5. The van der Waals surface area contributed by atoms with Crippen LogP contribution in [0.25, 0.3) is 0 Å². The molecule has 1 amide bonds. The molecular weight excluding hydrogens is 304 g/mol. The average molecular weight is 335 g/mol. The third-order valence-corrected chi connectivity index (χ3v) is 4.32. The van der Waals surface area contributed by atoms with Crippen molar-refractivity contribution in [3.05, 3.63) is 0 Å². The summed E-state index contributed by atoms with van der Waals surface area (Å²) in [7, 11) is 0. The molecule has 0 aromatic rings. The number of carbonyl (C=O) groups excluding carboxylic acids is 1. The van der Waals surface area contributed by atoms with Gasteiger partial charge in [0.2, 0.25) is 5.91 Å². The number of piperidine rings is 1. The Morgan fingerprint density at radius 1 is 1.32 bits per heavy atom. The van der Waals surface area contributed by atoms with Gasteiger partial charge in [-0.1, -0.05) is 6.92 Å². The summed E-state index contributed by atoms with van der Waals surface area (Å²) < 4.78 is 11.1. The number of rotatable bonds is 8. The van der Waals surface area contributed by atoms with Crippen molar-refractivity contribution in [2.75, 3.05) is 39.5 Å². The average Bonchev–Trinajstić information content (AvgIpc) is 3.03. The molecule has 2 aliphatic heterocycles. The van der Waals surface area contributed by atoms with Gasteiger partial charge in [0, 0.05) is 19.2 Å². The molecule has 0 aliphatic carbocycles. The van der Waals surface area contributed by atoms with Crippen LogP contribution in [0.3, 0.4) is 0 Å². The van der Waals surface area contributed by atoms with Gasteiger partial charge in [-0.05, 0) is 45.2 Å². The maximum Gasteiger partial charge on any atom is 0.225 e. The molecule has 0 saturated carbocycles. The Morgan fingerprint density at radius 3 is 2.73 bits per heavy atom. The highest BCUT2D eigenvalue weighted by Gasteiger charge is 2.24. The second-order valence-electron chi connectivity index (χ2n) is 6.03. The van der Waals surface area contributed by atoms with Crippen LogP contribution in [-0.2, 0) is 14.3 Å². The van der Waals surface area contributed by atoms with E-state index in [0.29, 0.717) is 25.7 Å². The molecule has 2 aliphatic rings. The van der Waals surface area contributed by atoms with E-state index in [9.17, 15) is 4.79 Å². The summed E-state index contributed by atoms with van der Waals surface area (Å²) in [4.78, 5) is 14.5. The normalized spacial score (nSPS) is 22.3. The molecule has 22 heavy (non-hydrogen) atoms. The first-order valence-corrected chi connectivity index (χ1v) is 8.50. The van der Waals surface area contributed by atoms with Crippen LogP contribution < -0.4 is 5.32 Å². The second kappa shape index (κ2) is 11.2. The Labute approximate surface area is 140 Å². The maximum absolute atomic E-state index is 12.4. The molecule has 1 unspecified atom stereocenters. The van der Waals surface area contributed by atoms with Crippen LogP contribution in [0.5, 0.6) is 0 Å². The van der Waals surface area contributed by atoms with Gasteiger partial charge in [-0.15, -0.1) is 12.4 Å². The van der Waals surface area contributed by atoms with E-state index in [1.807, 2.05) is 0 Å². The van der Waals surface area contributed by atoms with Gasteiger partial charge < -0.3 is 19.7 Å². The van der Waals surface area contributed by atoms with Crippen LogP contribution in [0.15, 0.2) is 0 Å². The molecule has 1 N–H and O–H groups in total. The lowest BCUT2D eigenvalue weighted by molar-refractivity contribution is -0.135. The smallest absolute Gasteiger partial charge is 0.225 e. The van der Waals surface area contributed by atoms with Crippen LogP contribution in [0.1, 0.15) is 45.4 Å². The van der Waals surface area contributed by atoms with E-state index in [0.717, 1.165) is 58.3 Å². The fourth-order valence-corrected chi connectivity index (χ4v) is 3.16. The lowest BCUT2D eigenvalue weighted by Gasteiger charge is -2.34. The summed E-state index contributed by atoms with van der Waals surface area (Å²) in [5.41, 5.74) is 0. The second-order valence-corrected chi connectivity index (χ2v) is 6.03. The number of ether oxygens (including phenoxy) is 2. The summed E-state index contributed by atoms with van der Waals surface area (Å²) in [6, 6.07) is 0.414. The van der Waals surface area contributed by atoms with Gasteiger partial charge in [0.25, 0.3) is 0 Å². The maximum atomic E-state index is 12.4. The van der Waals surface area contributed by atoms with Crippen molar-refractivity contribution in [2.45, 2.75) is 57.6 Å². The minimum absolute atomic E-state index is 0. The van der Waals surface area contributed by atoms with E-state index in [1.54, 1.807) is 0 Å². The van der Waals surface area contributed by atoms with E-state index < -0.39 is 0 Å². The van der Waals surface area contributed by atoms with Crippen molar-refractivity contribution in [2.24, 2.45) is 0 Å². The molecule has 5 nitrogen and oxygen atoms in total. The van der Waals surface area contributed by atoms with Crippen LogP contribution >= 0.6 is 12.4 Å². The van der Waals surface area contributed by atoms with Crippen molar-refractivity contribution in [1.82, 2.24) is 10.2 Å². The molecule has 0 aromatic heterocycles. The van der Waals surface area contributed by atoms with Crippen LogP contribution in [0, 0.1) is 0 Å². The van der Waals surface area contributed by atoms with Gasteiger partial charge in [0.15, 0.2) is 0 Å². The monoisotopic (exact) mass is 334 g/mol. The first kappa shape index (κ1) is 19.7. The molecule has 1 atom stereocenters.